The van der Waals surface area contributed by atoms with E-state index in [0.717, 1.165) is 21.2 Å². The van der Waals surface area contributed by atoms with E-state index in [0.29, 0.717) is 17.7 Å². The third-order valence-corrected chi connectivity index (χ3v) is 4.38. The fraction of sp³-hybridized carbons (Fsp3) is 0.471. The number of hydrogen-bond acceptors (Lipinski definition) is 9. The van der Waals surface area contributed by atoms with Crippen molar-refractivity contribution in [1.29, 1.82) is 0 Å². The van der Waals surface area contributed by atoms with E-state index in [1.165, 1.54) is 13.3 Å². The first-order valence-electron chi connectivity index (χ1n) is 8.62. The molecule has 11 nitrogen and oxygen atoms in total. The second-order valence-electron chi connectivity index (χ2n) is 6.17. The first-order chi connectivity index (χ1) is 13.5. The fourth-order valence-corrected chi connectivity index (χ4v) is 3.23. The van der Waals surface area contributed by atoms with Crippen molar-refractivity contribution in [1.82, 2.24) is 10.3 Å². The third kappa shape index (κ3) is 8.07. The predicted molar refractivity (Wildman–Crippen MR) is 112 cm³/mol. The number of hydrogen-bond donors (Lipinski definition) is 5. The summed E-state index contributed by atoms with van der Waals surface area (Å²) in [6, 6.07) is 1.57. The fourth-order valence-electron chi connectivity index (χ4n) is 2.26. The number of amides is 2. The average molecular weight is 426 g/mol. The Morgan fingerprint density at radius 2 is 2.03 bits per heavy atom. The van der Waals surface area contributed by atoms with Crippen LogP contribution in [0.2, 0.25) is 0 Å². The van der Waals surface area contributed by atoms with Crippen LogP contribution in [0.4, 0.5) is 5.00 Å². The summed E-state index contributed by atoms with van der Waals surface area (Å²) >= 11 is 1.16. The van der Waals surface area contributed by atoms with Crippen LogP contribution in [0.25, 0.3) is 0 Å². The molecule has 0 unspecified atom stereocenters. The lowest BCUT2D eigenvalue weighted by Gasteiger charge is -2.16. The van der Waals surface area contributed by atoms with E-state index in [2.05, 4.69) is 25.7 Å². The number of aliphatic hydroxyl groups is 3. The number of carbonyl (C=O) groups is 2. The van der Waals surface area contributed by atoms with Crippen LogP contribution in [0, 0.1) is 12.8 Å². The Labute approximate surface area is 172 Å². The SMILES string of the molecule is C/C=N\C(=NC)NC(=O)CN(C=O)/N=C(\c1cc(NC(O)(O)O)sc1C)C(C)C. The van der Waals surface area contributed by atoms with Crippen molar-refractivity contribution in [3.05, 3.63) is 16.5 Å². The zero-order valence-electron chi connectivity index (χ0n) is 16.9. The van der Waals surface area contributed by atoms with Gasteiger partial charge in [-0.05, 0) is 25.8 Å². The Balaban J connectivity index is 3.10. The number of nitrogens with one attached hydrogen (secondary N) is 2. The number of rotatable bonds is 8. The molecule has 0 spiro atoms. The molecule has 1 aromatic rings. The summed E-state index contributed by atoms with van der Waals surface area (Å²) in [4.78, 5) is 32.1. The molecule has 2 amide bonds. The lowest BCUT2D eigenvalue weighted by Crippen LogP contribution is -2.38. The summed E-state index contributed by atoms with van der Waals surface area (Å²) in [6.45, 7) is 6.83. The van der Waals surface area contributed by atoms with Gasteiger partial charge < -0.3 is 20.6 Å². The number of guanidine groups is 1. The minimum Gasteiger partial charge on any atom is -0.325 e. The van der Waals surface area contributed by atoms with Crippen LogP contribution >= 0.6 is 11.3 Å². The van der Waals surface area contributed by atoms with Crippen molar-refractivity contribution in [2.75, 3.05) is 18.9 Å². The lowest BCUT2D eigenvalue weighted by atomic mass is 10.0. The maximum atomic E-state index is 12.1. The second kappa shape index (κ2) is 10.8. The highest BCUT2D eigenvalue weighted by molar-refractivity contribution is 7.16. The maximum Gasteiger partial charge on any atom is 0.367 e. The van der Waals surface area contributed by atoms with Crippen molar-refractivity contribution >= 4 is 46.5 Å². The van der Waals surface area contributed by atoms with Gasteiger partial charge in [0.15, 0.2) is 0 Å². The number of aliphatic imine (C=N–C) groups is 2. The number of anilines is 1. The molecule has 160 valence electrons. The zero-order valence-corrected chi connectivity index (χ0v) is 17.7. The molecule has 12 heteroatoms. The van der Waals surface area contributed by atoms with Gasteiger partial charge in [-0.15, -0.1) is 11.3 Å². The predicted octanol–water partition coefficient (Wildman–Crippen LogP) is 0.0678. The highest BCUT2D eigenvalue weighted by Crippen LogP contribution is 2.29. The van der Waals surface area contributed by atoms with Crippen molar-refractivity contribution in [3.63, 3.8) is 0 Å². The minimum atomic E-state index is -3.06. The summed E-state index contributed by atoms with van der Waals surface area (Å²) in [5, 5.41) is 37.4. The van der Waals surface area contributed by atoms with Gasteiger partial charge in [0, 0.05) is 23.7 Å². The first-order valence-corrected chi connectivity index (χ1v) is 9.44. The van der Waals surface area contributed by atoms with Crippen LogP contribution in [0.1, 0.15) is 31.2 Å². The molecule has 0 atom stereocenters. The van der Waals surface area contributed by atoms with Gasteiger partial charge in [-0.2, -0.15) is 5.10 Å². The molecule has 5 N–H and O–H groups in total. The number of thiophene rings is 1. The molecule has 0 aliphatic rings. The molecule has 0 radical (unpaired) electrons. The first kappa shape index (κ1) is 24.4. The monoisotopic (exact) mass is 426 g/mol. The lowest BCUT2D eigenvalue weighted by molar-refractivity contribution is -0.288. The second-order valence-corrected chi connectivity index (χ2v) is 7.42. The topological polar surface area (TPSA) is 159 Å². The van der Waals surface area contributed by atoms with Crippen LogP contribution in [0.5, 0.6) is 0 Å². The number of aryl methyl sites for hydroxylation is 1. The summed E-state index contributed by atoms with van der Waals surface area (Å²) < 4.78 is 0. The van der Waals surface area contributed by atoms with Gasteiger partial charge in [0.05, 0.1) is 10.7 Å². The molecule has 1 heterocycles. The quantitative estimate of drug-likeness (QED) is 0.130. The molecule has 0 aliphatic carbocycles. The number of hydrazone groups is 1. The van der Waals surface area contributed by atoms with E-state index >= 15 is 0 Å². The molecular weight excluding hydrogens is 400 g/mol. The van der Waals surface area contributed by atoms with E-state index in [1.807, 2.05) is 13.8 Å². The normalized spacial score (nSPS) is 13.1. The van der Waals surface area contributed by atoms with Gasteiger partial charge in [-0.1, -0.05) is 13.8 Å². The van der Waals surface area contributed by atoms with Crippen LogP contribution in [0.15, 0.2) is 21.2 Å². The van der Waals surface area contributed by atoms with Crippen LogP contribution < -0.4 is 10.6 Å². The van der Waals surface area contributed by atoms with Crippen molar-refractivity contribution in [2.45, 2.75) is 33.8 Å². The van der Waals surface area contributed by atoms with E-state index in [1.54, 1.807) is 19.9 Å². The van der Waals surface area contributed by atoms with Crippen molar-refractivity contribution < 1.29 is 24.9 Å². The molecule has 29 heavy (non-hydrogen) atoms. The van der Waals surface area contributed by atoms with Crippen molar-refractivity contribution in [2.24, 2.45) is 21.0 Å². The Morgan fingerprint density at radius 3 is 2.52 bits per heavy atom. The Bertz CT molecular complexity index is 810. The Kier molecular flexibility index (Phi) is 9.04. The van der Waals surface area contributed by atoms with E-state index in [9.17, 15) is 9.59 Å². The molecule has 0 fully saturated rings. The van der Waals surface area contributed by atoms with E-state index in [4.69, 9.17) is 15.3 Å². The third-order valence-electron chi connectivity index (χ3n) is 3.41. The molecule has 0 aliphatic heterocycles. The Morgan fingerprint density at radius 1 is 1.38 bits per heavy atom. The number of carbonyl (C=O) groups excluding carboxylic acids is 2. The summed E-state index contributed by atoms with van der Waals surface area (Å²) in [5.41, 5.74) is 1.14. The van der Waals surface area contributed by atoms with Gasteiger partial charge in [-0.3, -0.25) is 19.9 Å². The zero-order chi connectivity index (χ0) is 22.2. The minimum absolute atomic E-state index is 0.112. The molecule has 0 saturated heterocycles. The van der Waals surface area contributed by atoms with Crippen LogP contribution in [-0.4, -0.2) is 70.2 Å². The molecule has 1 rings (SSSR count). The van der Waals surface area contributed by atoms with E-state index in [-0.39, 0.29) is 23.4 Å². The van der Waals surface area contributed by atoms with Gasteiger partial charge in [0.1, 0.15) is 6.54 Å². The van der Waals surface area contributed by atoms with Gasteiger partial charge in [0.2, 0.25) is 18.3 Å². The maximum absolute atomic E-state index is 12.1. The molecule has 0 bridgehead atoms. The number of nitrogens with zero attached hydrogens (tertiary/aromatic N) is 4. The molecule has 0 saturated carbocycles. The highest BCUT2D eigenvalue weighted by atomic mass is 32.1. The van der Waals surface area contributed by atoms with Gasteiger partial charge in [-0.25, -0.2) is 10.0 Å². The summed E-state index contributed by atoms with van der Waals surface area (Å²) in [6.07, 6.45) is -1.16. The van der Waals surface area contributed by atoms with E-state index < -0.39 is 12.0 Å². The molecule has 1 aromatic heterocycles. The Hall–Kier alpha value is -2.67. The molecule has 0 aromatic carbocycles. The average Bonchev–Trinajstić information content (AvgIpc) is 2.95. The van der Waals surface area contributed by atoms with Crippen LogP contribution in [-0.2, 0) is 9.59 Å². The standard InChI is InChI=1S/C17H26N6O5S/c1-6-19-16(18-5)20-13(25)8-23(9-24)22-15(10(2)3)12-7-14(29-11(12)4)21-17(26,27)28/h6-7,9-10,21,26-28H,8H2,1-5H3,(H,18,20,25)/b19-6-,22-15-. The summed E-state index contributed by atoms with van der Waals surface area (Å²) in [5.74, 6) is -0.535. The molecular formula is C17H26N6O5S. The van der Waals surface area contributed by atoms with Crippen LogP contribution in [0.3, 0.4) is 0 Å². The smallest absolute Gasteiger partial charge is 0.325 e. The highest BCUT2D eigenvalue weighted by Gasteiger charge is 2.22. The van der Waals surface area contributed by atoms with Gasteiger partial charge >= 0.3 is 6.10 Å². The summed E-state index contributed by atoms with van der Waals surface area (Å²) in [7, 11) is 1.47. The van der Waals surface area contributed by atoms with Gasteiger partial charge in [0.25, 0.3) is 0 Å². The largest absolute Gasteiger partial charge is 0.367 e. The van der Waals surface area contributed by atoms with Crippen molar-refractivity contribution in [3.8, 4) is 0 Å².